The fourth-order valence-electron chi connectivity index (χ4n) is 1.05. The van der Waals surface area contributed by atoms with Gasteiger partial charge in [0.15, 0.2) is 5.96 Å². The Morgan fingerprint density at radius 1 is 1.56 bits per heavy atom. The number of nitrogens with zero attached hydrogens (tertiary/aromatic N) is 1. The lowest BCUT2D eigenvalue weighted by Crippen LogP contribution is -2.24. The molecule has 0 saturated carbocycles. The zero-order valence-corrected chi connectivity index (χ0v) is 10.9. The second-order valence-corrected chi connectivity index (χ2v) is 4.78. The Morgan fingerprint density at radius 3 is 2.88 bits per heavy atom. The van der Waals surface area contributed by atoms with E-state index in [0.717, 1.165) is 4.47 Å². The van der Waals surface area contributed by atoms with Gasteiger partial charge < -0.3 is 11.1 Å². The van der Waals surface area contributed by atoms with E-state index in [0.29, 0.717) is 18.2 Å². The quantitative estimate of drug-likeness (QED) is 0.663. The first-order chi connectivity index (χ1) is 7.49. The molecule has 1 rings (SSSR count). The predicted molar refractivity (Wildman–Crippen MR) is 69.1 cm³/mol. The summed E-state index contributed by atoms with van der Waals surface area (Å²) < 4.78 is 14.1. The summed E-state index contributed by atoms with van der Waals surface area (Å²) in [5.74, 6) is 0.296. The number of nitrogens with one attached hydrogen (secondary N) is 1. The Labute approximate surface area is 103 Å². The molecule has 16 heavy (non-hydrogen) atoms. The topological polar surface area (TPSA) is 50.4 Å². The fourth-order valence-corrected chi connectivity index (χ4v) is 1.41. The van der Waals surface area contributed by atoms with Gasteiger partial charge >= 0.3 is 0 Å². The number of guanidine groups is 1. The van der Waals surface area contributed by atoms with Gasteiger partial charge in [0, 0.05) is 11.0 Å². The highest BCUT2D eigenvalue weighted by Gasteiger charge is 2.03. The Bertz CT molecular complexity index is 391. The number of hydrogen-bond donors (Lipinski definition) is 2. The molecule has 3 nitrogen and oxygen atoms in total. The number of anilines is 1. The number of rotatable bonds is 3. The van der Waals surface area contributed by atoms with Crippen LogP contribution in [0.5, 0.6) is 0 Å². The van der Waals surface area contributed by atoms with Crippen molar-refractivity contribution in [3.63, 3.8) is 0 Å². The van der Waals surface area contributed by atoms with Gasteiger partial charge in [-0.3, -0.25) is 4.99 Å². The van der Waals surface area contributed by atoms with Crippen LogP contribution in [0.15, 0.2) is 27.7 Å². The third-order valence-corrected chi connectivity index (χ3v) is 2.31. The molecule has 0 bridgehead atoms. The van der Waals surface area contributed by atoms with Crippen molar-refractivity contribution >= 4 is 27.6 Å². The minimum Gasteiger partial charge on any atom is -0.370 e. The zero-order valence-electron chi connectivity index (χ0n) is 9.30. The Kier molecular flexibility index (Phi) is 4.73. The van der Waals surface area contributed by atoms with E-state index in [1.807, 2.05) is 13.8 Å². The summed E-state index contributed by atoms with van der Waals surface area (Å²) in [5.41, 5.74) is 5.95. The summed E-state index contributed by atoms with van der Waals surface area (Å²) in [6.45, 7) is 4.70. The third-order valence-electron chi connectivity index (χ3n) is 1.82. The number of benzene rings is 1. The van der Waals surface area contributed by atoms with E-state index < -0.39 is 0 Å². The molecule has 0 aliphatic rings. The van der Waals surface area contributed by atoms with Crippen LogP contribution < -0.4 is 11.1 Å². The van der Waals surface area contributed by atoms with Gasteiger partial charge in [-0.2, -0.15) is 0 Å². The van der Waals surface area contributed by atoms with Crippen molar-refractivity contribution in [3.05, 3.63) is 28.5 Å². The van der Waals surface area contributed by atoms with E-state index in [4.69, 9.17) is 5.73 Å². The van der Waals surface area contributed by atoms with Crippen LogP contribution >= 0.6 is 15.9 Å². The van der Waals surface area contributed by atoms with Crippen LogP contribution in [0.2, 0.25) is 0 Å². The monoisotopic (exact) mass is 287 g/mol. The van der Waals surface area contributed by atoms with Crippen molar-refractivity contribution < 1.29 is 4.39 Å². The SMILES string of the molecule is CC(C)CN=C(N)Nc1cc(Br)ccc1F. The van der Waals surface area contributed by atoms with Gasteiger partial charge in [-0.15, -0.1) is 0 Å². The normalized spacial score (nSPS) is 11.9. The van der Waals surface area contributed by atoms with Crippen molar-refractivity contribution in [3.8, 4) is 0 Å². The lowest BCUT2D eigenvalue weighted by Gasteiger charge is -2.08. The highest BCUT2D eigenvalue weighted by atomic mass is 79.9. The zero-order chi connectivity index (χ0) is 12.1. The molecule has 0 fully saturated rings. The minimum atomic E-state index is -0.356. The molecule has 0 aliphatic carbocycles. The second kappa shape index (κ2) is 5.84. The molecule has 88 valence electrons. The van der Waals surface area contributed by atoms with Crippen molar-refractivity contribution in [2.75, 3.05) is 11.9 Å². The maximum absolute atomic E-state index is 13.3. The first-order valence-electron chi connectivity index (χ1n) is 5.01. The molecule has 0 aromatic heterocycles. The van der Waals surface area contributed by atoms with Crippen LogP contribution in [0.25, 0.3) is 0 Å². The van der Waals surface area contributed by atoms with Gasteiger partial charge in [0.05, 0.1) is 5.69 Å². The number of nitrogens with two attached hydrogens (primary N) is 1. The van der Waals surface area contributed by atoms with Crippen LogP contribution in [-0.2, 0) is 0 Å². The van der Waals surface area contributed by atoms with E-state index in [9.17, 15) is 4.39 Å². The highest BCUT2D eigenvalue weighted by Crippen LogP contribution is 2.19. The average molecular weight is 288 g/mol. The van der Waals surface area contributed by atoms with Crippen LogP contribution in [-0.4, -0.2) is 12.5 Å². The molecule has 3 N–H and O–H groups in total. The number of halogens is 2. The standard InChI is InChI=1S/C11H15BrFN3/c1-7(2)6-15-11(14)16-10-5-8(12)3-4-9(10)13/h3-5,7H,6H2,1-2H3,(H3,14,15,16). The maximum atomic E-state index is 13.3. The Hall–Kier alpha value is -1.10. The molecule has 0 heterocycles. The predicted octanol–water partition coefficient (Wildman–Crippen LogP) is 2.97. The van der Waals surface area contributed by atoms with Crippen LogP contribution in [0.3, 0.4) is 0 Å². The van der Waals surface area contributed by atoms with Gasteiger partial charge in [-0.1, -0.05) is 29.8 Å². The summed E-state index contributed by atoms with van der Waals surface area (Å²) in [4.78, 5) is 4.09. The molecule has 0 saturated heterocycles. The van der Waals surface area contributed by atoms with Gasteiger partial charge in [0.1, 0.15) is 5.82 Å². The van der Waals surface area contributed by atoms with E-state index >= 15 is 0 Å². The second-order valence-electron chi connectivity index (χ2n) is 3.87. The van der Waals surface area contributed by atoms with Gasteiger partial charge in [0.25, 0.3) is 0 Å². The molecule has 0 amide bonds. The Balaban J connectivity index is 2.72. The van der Waals surface area contributed by atoms with Gasteiger partial charge in [-0.05, 0) is 24.1 Å². The summed E-state index contributed by atoms with van der Waals surface area (Å²) >= 11 is 3.26. The first kappa shape index (κ1) is 13.0. The summed E-state index contributed by atoms with van der Waals surface area (Å²) in [7, 11) is 0. The molecule has 1 aromatic carbocycles. The molecule has 0 radical (unpaired) electrons. The van der Waals surface area contributed by atoms with Crippen LogP contribution in [0.1, 0.15) is 13.8 Å². The van der Waals surface area contributed by atoms with Gasteiger partial charge in [-0.25, -0.2) is 4.39 Å². The minimum absolute atomic E-state index is 0.228. The molecule has 0 unspecified atom stereocenters. The van der Waals surface area contributed by atoms with Crippen molar-refractivity contribution in [2.24, 2.45) is 16.6 Å². The molecule has 5 heteroatoms. The average Bonchev–Trinajstić information content (AvgIpc) is 2.20. The molecular formula is C11H15BrFN3. The lowest BCUT2D eigenvalue weighted by atomic mass is 10.2. The van der Waals surface area contributed by atoms with E-state index in [1.165, 1.54) is 6.07 Å². The van der Waals surface area contributed by atoms with E-state index in [1.54, 1.807) is 12.1 Å². The Morgan fingerprint density at radius 2 is 2.25 bits per heavy atom. The van der Waals surface area contributed by atoms with E-state index in [2.05, 4.69) is 26.2 Å². The molecule has 0 atom stereocenters. The summed E-state index contributed by atoms with van der Waals surface area (Å²) in [5, 5.41) is 2.73. The van der Waals surface area contributed by atoms with E-state index in [-0.39, 0.29) is 11.8 Å². The van der Waals surface area contributed by atoms with Crippen molar-refractivity contribution in [1.29, 1.82) is 0 Å². The van der Waals surface area contributed by atoms with Gasteiger partial charge in [0.2, 0.25) is 0 Å². The molecule has 1 aromatic rings. The smallest absolute Gasteiger partial charge is 0.193 e. The highest BCUT2D eigenvalue weighted by molar-refractivity contribution is 9.10. The molecular weight excluding hydrogens is 273 g/mol. The van der Waals surface area contributed by atoms with Crippen LogP contribution in [0.4, 0.5) is 10.1 Å². The number of aliphatic imine (C=N–C) groups is 1. The summed E-state index contributed by atoms with van der Waals surface area (Å²) in [6, 6.07) is 4.61. The van der Waals surface area contributed by atoms with Crippen molar-refractivity contribution in [2.45, 2.75) is 13.8 Å². The number of hydrogen-bond acceptors (Lipinski definition) is 1. The molecule has 0 aliphatic heterocycles. The third kappa shape index (κ3) is 4.18. The lowest BCUT2D eigenvalue weighted by molar-refractivity contribution is 0.631. The summed E-state index contributed by atoms with van der Waals surface area (Å²) in [6.07, 6.45) is 0. The largest absolute Gasteiger partial charge is 0.370 e. The molecule has 0 spiro atoms. The fraction of sp³-hybridized carbons (Fsp3) is 0.364. The van der Waals surface area contributed by atoms with Crippen molar-refractivity contribution in [1.82, 2.24) is 0 Å². The maximum Gasteiger partial charge on any atom is 0.193 e. The van der Waals surface area contributed by atoms with Crippen LogP contribution in [0, 0.1) is 11.7 Å². The first-order valence-corrected chi connectivity index (χ1v) is 5.80.